The Morgan fingerprint density at radius 3 is 2.50 bits per heavy atom. The second-order valence-electron chi connectivity index (χ2n) is 5.72. The number of benzene rings is 1. The van der Waals surface area contributed by atoms with Gasteiger partial charge in [-0.05, 0) is 44.7 Å². The maximum Gasteiger partial charge on any atom is 0.0348 e. The number of hydrogen-bond donors (Lipinski definition) is 1. The molecule has 1 heterocycles. The lowest BCUT2D eigenvalue weighted by Gasteiger charge is -2.31. The van der Waals surface area contributed by atoms with Gasteiger partial charge in [-0.2, -0.15) is 0 Å². The molecule has 0 bridgehead atoms. The maximum absolute atomic E-state index is 5.83. The van der Waals surface area contributed by atoms with Gasteiger partial charge in [0.2, 0.25) is 0 Å². The standard InChI is InChI=1S/C16H26N2/c1-4-16(15-7-5-12(2)6-8-15)18-11-14(10-17)9-13(18)3/h5-8,13-14,16H,4,9-11,17H2,1-3H3. The summed E-state index contributed by atoms with van der Waals surface area (Å²) >= 11 is 0. The minimum absolute atomic E-state index is 0.553. The second-order valence-corrected chi connectivity index (χ2v) is 5.72. The van der Waals surface area contributed by atoms with Crippen LogP contribution >= 0.6 is 0 Å². The summed E-state index contributed by atoms with van der Waals surface area (Å²) < 4.78 is 0. The summed E-state index contributed by atoms with van der Waals surface area (Å²) in [7, 11) is 0. The van der Waals surface area contributed by atoms with Gasteiger partial charge < -0.3 is 5.73 Å². The predicted octanol–water partition coefficient (Wildman–Crippen LogP) is 3.12. The minimum atomic E-state index is 0.553. The molecule has 0 amide bonds. The molecule has 18 heavy (non-hydrogen) atoms. The molecule has 2 nitrogen and oxygen atoms in total. The van der Waals surface area contributed by atoms with Crippen molar-refractivity contribution in [3.8, 4) is 0 Å². The summed E-state index contributed by atoms with van der Waals surface area (Å²) in [6.45, 7) is 8.75. The summed E-state index contributed by atoms with van der Waals surface area (Å²) in [4.78, 5) is 2.64. The summed E-state index contributed by atoms with van der Waals surface area (Å²) in [5, 5.41) is 0. The number of likely N-dealkylation sites (tertiary alicyclic amines) is 1. The molecule has 1 aliphatic rings. The quantitative estimate of drug-likeness (QED) is 0.884. The van der Waals surface area contributed by atoms with E-state index in [0.29, 0.717) is 18.0 Å². The fourth-order valence-corrected chi connectivity index (χ4v) is 3.23. The molecule has 100 valence electrons. The highest BCUT2D eigenvalue weighted by Crippen LogP contribution is 2.33. The van der Waals surface area contributed by atoms with Crippen molar-refractivity contribution in [2.45, 2.75) is 45.7 Å². The van der Waals surface area contributed by atoms with Gasteiger partial charge in [0, 0.05) is 18.6 Å². The van der Waals surface area contributed by atoms with E-state index < -0.39 is 0 Å². The molecule has 1 saturated heterocycles. The molecule has 2 heteroatoms. The second kappa shape index (κ2) is 5.85. The van der Waals surface area contributed by atoms with Gasteiger partial charge in [-0.25, -0.2) is 0 Å². The van der Waals surface area contributed by atoms with E-state index >= 15 is 0 Å². The van der Waals surface area contributed by atoms with Crippen molar-refractivity contribution in [3.05, 3.63) is 35.4 Å². The topological polar surface area (TPSA) is 29.3 Å². The van der Waals surface area contributed by atoms with Gasteiger partial charge in [0.1, 0.15) is 0 Å². The van der Waals surface area contributed by atoms with Crippen LogP contribution in [-0.2, 0) is 0 Å². The minimum Gasteiger partial charge on any atom is -0.330 e. The van der Waals surface area contributed by atoms with E-state index in [-0.39, 0.29) is 0 Å². The Hall–Kier alpha value is -0.860. The summed E-state index contributed by atoms with van der Waals surface area (Å²) in [6.07, 6.45) is 2.42. The molecule has 0 aliphatic carbocycles. The fourth-order valence-electron chi connectivity index (χ4n) is 3.23. The number of aryl methyl sites for hydroxylation is 1. The van der Waals surface area contributed by atoms with Gasteiger partial charge in [-0.3, -0.25) is 4.90 Å². The maximum atomic E-state index is 5.83. The number of nitrogens with two attached hydrogens (primary N) is 1. The van der Waals surface area contributed by atoms with Crippen LogP contribution in [0, 0.1) is 12.8 Å². The van der Waals surface area contributed by atoms with Crippen molar-refractivity contribution in [2.75, 3.05) is 13.1 Å². The first kappa shape index (κ1) is 13.6. The van der Waals surface area contributed by atoms with Crippen molar-refractivity contribution < 1.29 is 0 Å². The average molecular weight is 246 g/mol. The molecule has 1 aliphatic heterocycles. The summed E-state index contributed by atoms with van der Waals surface area (Å²) in [6, 6.07) is 10.2. The molecule has 2 rings (SSSR count). The van der Waals surface area contributed by atoms with Crippen LogP contribution in [0.25, 0.3) is 0 Å². The van der Waals surface area contributed by atoms with Crippen molar-refractivity contribution >= 4 is 0 Å². The molecule has 0 radical (unpaired) electrons. The van der Waals surface area contributed by atoms with Crippen LogP contribution in [0.2, 0.25) is 0 Å². The Labute approximate surface area is 111 Å². The van der Waals surface area contributed by atoms with E-state index in [1.165, 1.54) is 24.0 Å². The Bertz CT molecular complexity index is 371. The van der Waals surface area contributed by atoms with Crippen LogP contribution in [0.15, 0.2) is 24.3 Å². The van der Waals surface area contributed by atoms with Crippen LogP contribution in [0.3, 0.4) is 0 Å². The molecule has 3 unspecified atom stereocenters. The molecular weight excluding hydrogens is 220 g/mol. The first-order valence-corrected chi connectivity index (χ1v) is 7.18. The van der Waals surface area contributed by atoms with E-state index in [4.69, 9.17) is 5.73 Å². The van der Waals surface area contributed by atoms with Crippen molar-refractivity contribution in [3.63, 3.8) is 0 Å². The van der Waals surface area contributed by atoms with Crippen molar-refractivity contribution in [1.29, 1.82) is 0 Å². The smallest absolute Gasteiger partial charge is 0.0348 e. The Morgan fingerprint density at radius 1 is 1.33 bits per heavy atom. The third kappa shape index (κ3) is 2.76. The monoisotopic (exact) mass is 246 g/mol. The van der Waals surface area contributed by atoms with Crippen LogP contribution in [-0.4, -0.2) is 24.0 Å². The highest BCUT2D eigenvalue weighted by molar-refractivity contribution is 5.24. The van der Waals surface area contributed by atoms with Crippen LogP contribution in [0.4, 0.5) is 0 Å². The first-order chi connectivity index (χ1) is 8.65. The zero-order valence-corrected chi connectivity index (χ0v) is 11.9. The van der Waals surface area contributed by atoms with Crippen LogP contribution in [0.5, 0.6) is 0 Å². The lowest BCUT2D eigenvalue weighted by atomic mass is 10.0. The van der Waals surface area contributed by atoms with Gasteiger partial charge in [0.25, 0.3) is 0 Å². The highest BCUT2D eigenvalue weighted by atomic mass is 15.2. The molecule has 2 N–H and O–H groups in total. The first-order valence-electron chi connectivity index (χ1n) is 7.18. The largest absolute Gasteiger partial charge is 0.330 e. The van der Waals surface area contributed by atoms with E-state index in [9.17, 15) is 0 Å². The van der Waals surface area contributed by atoms with E-state index in [1.807, 2.05) is 0 Å². The van der Waals surface area contributed by atoms with E-state index in [0.717, 1.165) is 13.1 Å². The number of hydrogen-bond acceptors (Lipinski definition) is 2. The third-order valence-corrected chi connectivity index (χ3v) is 4.29. The van der Waals surface area contributed by atoms with Gasteiger partial charge in [0.05, 0.1) is 0 Å². The fraction of sp³-hybridized carbons (Fsp3) is 0.625. The molecule has 0 aromatic heterocycles. The summed E-state index contributed by atoms with van der Waals surface area (Å²) in [5.74, 6) is 0.680. The average Bonchev–Trinajstić information content (AvgIpc) is 2.74. The summed E-state index contributed by atoms with van der Waals surface area (Å²) in [5.41, 5.74) is 8.62. The molecule has 0 spiro atoms. The molecule has 0 saturated carbocycles. The zero-order valence-electron chi connectivity index (χ0n) is 11.9. The van der Waals surface area contributed by atoms with Crippen molar-refractivity contribution in [2.24, 2.45) is 11.7 Å². The lowest BCUT2D eigenvalue weighted by Crippen LogP contribution is -2.32. The molecule has 1 aromatic rings. The van der Waals surface area contributed by atoms with Gasteiger partial charge in [-0.1, -0.05) is 36.8 Å². The third-order valence-electron chi connectivity index (χ3n) is 4.29. The van der Waals surface area contributed by atoms with Crippen LogP contribution < -0.4 is 5.73 Å². The molecular formula is C16H26N2. The van der Waals surface area contributed by atoms with Gasteiger partial charge in [-0.15, -0.1) is 0 Å². The Balaban J connectivity index is 2.16. The van der Waals surface area contributed by atoms with Gasteiger partial charge in [0.15, 0.2) is 0 Å². The van der Waals surface area contributed by atoms with Crippen molar-refractivity contribution in [1.82, 2.24) is 4.90 Å². The normalized spacial score (nSPS) is 26.4. The number of nitrogens with zero attached hydrogens (tertiary/aromatic N) is 1. The molecule has 1 fully saturated rings. The van der Waals surface area contributed by atoms with Crippen LogP contribution in [0.1, 0.15) is 43.9 Å². The Morgan fingerprint density at radius 2 is 2.00 bits per heavy atom. The Kier molecular flexibility index (Phi) is 4.41. The zero-order chi connectivity index (χ0) is 13.1. The van der Waals surface area contributed by atoms with E-state index in [1.54, 1.807) is 0 Å². The molecule has 3 atom stereocenters. The SMILES string of the molecule is CCC(c1ccc(C)cc1)N1CC(CN)CC1C. The highest BCUT2D eigenvalue weighted by Gasteiger charge is 2.32. The van der Waals surface area contributed by atoms with E-state index in [2.05, 4.69) is 49.9 Å². The molecule has 1 aromatic carbocycles. The lowest BCUT2D eigenvalue weighted by molar-refractivity contribution is 0.182. The van der Waals surface area contributed by atoms with Gasteiger partial charge >= 0.3 is 0 Å². The predicted molar refractivity (Wildman–Crippen MR) is 77.5 cm³/mol. The number of rotatable bonds is 4.